The number of carbonyl (C=O) groups excluding carboxylic acids is 1. The van der Waals surface area contributed by atoms with Gasteiger partial charge in [0.05, 0.1) is 17.1 Å². The van der Waals surface area contributed by atoms with E-state index in [1.165, 1.54) is 11.3 Å². The number of rotatable bonds is 7. The summed E-state index contributed by atoms with van der Waals surface area (Å²) >= 11 is 7.73. The molecular weight excluding hydrogens is 368 g/mol. The van der Waals surface area contributed by atoms with Crippen molar-refractivity contribution in [2.45, 2.75) is 12.8 Å². The van der Waals surface area contributed by atoms with E-state index < -0.39 is 0 Å². The van der Waals surface area contributed by atoms with E-state index in [2.05, 4.69) is 27.1 Å². The van der Waals surface area contributed by atoms with Crippen LogP contribution < -0.4 is 5.32 Å². The molecule has 0 atom stereocenters. The van der Waals surface area contributed by atoms with Crippen LogP contribution in [-0.2, 0) is 11.2 Å². The van der Waals surface area contributed by atoms with Crippen LogP contribution in [0.15, 0.2) is 29.6 Å². The van der Waals surface area contributed by atoms with E-state index in [1.807, 2.05) is 29.6 Å². The predicted molar refractivity (Wildman–Crippen MR) is 108 cm³/mol. The Hall–Kier alpha value is -1.47. The van der Waals surface area contributed by atoms with E-state index in [9.17, 15) is 4.79 Å². The van der Waals surface area contributed by atoms with Gasteiger partial charge in [0, 0.05) is 43.7 Å². The van der Waals surface area contributed by atoms with Crippen LogP contribution in [0.3, 0.4) is 0 Å². The summed E-state index contributed by atoms with van der Waals surface area (Å²) in [5, 5.41) is 6.47. The molecular formula is C19H25ClN4OS. The molecule has 1 saturated heterocycles. The highest BCUT2D eigenvalue weighted by molar-refractivity contribution is 7.13. The molecule has 3 rings (SSSR count). The van der Waals surface area contributed by atoms with Crippen molar-refractivity contribution >= 4 is 28.8 Å². The lowest BCUT2D eigenvalue weighted by Crippen LogP contribution is -2.45. The van der Waals surface area contributed by atoms with Crippen molar-refractivity contribution in [1.82, 2.24) is 20.1 Å². The minimum absolute atomic E-state index is 0.0272. The summed E-state index contributed by atoms with van der Waals surface area (Å²) < 4.78 is 0. The average molecular weight is 393 g/mol. The standard InChI is InChI=1S/C19H25ClN4OS/c1-23-9-11-24(12-10-23)8-4-7-21-18(25)13-15-14-26-19(22-15)16-5-2-3-6-17(16)20/h2-3,5-6,14H,4,7-13H2,1H3,(H,21,25). The Balaban J connectivity index is 1.39. The maximum absolute atomic E-state index is 12.1. The highest BCUT2D eigenvalue weighted by Crippen LogP contribution is 2.30. The van der Waals surface area contributed by atoms with Gasteiger partial charge in [-0.2, -0.15) is 0 Å². The second-order valence-corrected chi connectivity index (χ2v) is 7.91. The lowest BCUT2D eigenvalue weighted by molar-refractivity contribution is -0.120. The van der Waals surface area contributed by atoms with Crippen molar-refractivity contribution in [2.24, 2.45) is 0 Å². The molecule has 0 bridgehead atoms. The molecule has 5 nitrogen and oxygen atoms in total. The van der Waals surface area contributed by atoms with Gasteiger partial charge >= 0.3 is 0 Å². The minimum atomic E-state index is 0.0272. The summed E-state index contributed by atoms with van der Waals surface area (Å²) in [6.07, 6.45) is 1.30. The van der Waals surface area contributed by atoms with Crippen LogP contribution in [0.1, 0.15) is 12.1 Å². The third kappa shape index (κ3) is 5.51. The number of piperazine rings is 1. The SMILES string of the molecule is CN1CCN(CCCNC(=O)Cc2csc(-c3ccccc3Cl)n2)CC1. The van der Waals surface area contributed by atoms with Crippen molar-refractivity contribution < 1.29 is 4.79 Å². The quantitative estimate of drug-likeness (QED) is 0.736. The summed E-state index contributed by atoms with van der Waals surface area (Å²) in [5.74, 6) is 0.0272. The normalized spacial score (nSPS) is 15.9. The van der Waals surface area contributed by atoms with Gasteiger partial charge in [-0.25, -0.2) is 4.98 Å². The molecule has 1 N–H and O–H groups in total. The summed E-state index contributed by atoms with van der Waals surface area (Å²) in [6.45, 7) is 6.25. The molecule has 0 radical (unpaired) electrons. The van der Waals surface area contributed by atoms with Gasteiger partial charge in [-0.3, -0.25) is 4.79 Å². The van der Waals surface area contributed by atoms with Gasteiger partial charge in [-0.1, -0.05) is 29.8 Å². The molecule has 2 aromatic rings. The number of hydrogen-bond donors (Lipinski definition) is 1. The van der Waals surface area contributed by atoms with Gasteiger partial charge in [0.1, 0.15) is 5.01 Å². The van der Waals surface area contributed by atoms with Crippen LogP contribution in [-0.4, -0.2) is 67.0 Å². The topological polar surface area (TPSA) is 48.5 Å². The molecule has 1 aromatic carbocycles. The number of halogens is 1. The van der Waals surface area contributed by atoms with E-state index in [0.29, 0.717) is 18.0 Å². The smallest absolute Gasteiger partial charge is 0.226 e. The minimum Gasteiger partial charge on any atom is -0.356 e. The molecule has 1 aromatic heterocycles. The van der Waals surface area contributed by atoms with Gasteiger partial charge in [0.15, 0.2) is 0 Å². The summed E-state index contributed by atoms with van der Waals surface area (Å²) in [5.41, 5.74) is 1.71. The lowest BCUT2D eigenvalue weighted by atomic mass is 10.2. The number of nitrogens with zero attached hydrogens (tertiary/aromatic N) is 3. The molecule has 0 spiro atoms. The number of amides is 1. The molecule has 1 fully saturated rings. The largest absolute Gasteiger partial charge is 0.356 e. The van der Waals surface area contributed by atoms with Gasteiger partial charge in [0.2, 0.25) is 5.91 Å². The first-order chi connectivity index (χ1) is 12.6. The van der Waals surface area contributed by atoms with Crippen LogP contribution in [0, 0.1) is 0 Å². The first-order valence-corrected chi connectivity index (χ1v) is 10.2. The summed E-state index contributed by atoms with van der Waals surface area (Å²) in [7, 11) is 2.16. The van der Waals surface area contributed by atoms with E-state index in [0.717, 1.165) is 55.4 Å². The molecule has 1 amide bonds. The fourth-order valence-corrected chi connectivity index (χ4v) is 4.12. The molecule has 26 heavy (non-hydrogen) atoms. The van der Waals surface area contributed by atoms with E-state index in [1.54, 1.807) is 0 Å². The molecule has 1 aliphatic heterocycles. The van der Waals surface area contributed by atoms with Crippen LogP contribution >= 0.6 is 22.9 Å². The van der Waals surface area contributed by atoms with Crippen LogP contribution in [0.2, 0.25) is 5.02 Å². The predicted octanol–water partition coefficient (Wildman–Crippen LogP) is 2.76. The van der Waals surface area contributed by atoms with Crippen LogP contribution in [0.5, 0.6) is 0 Å². The zero-order valence-electron chi connectivity index (χ0n) is 15.1. The zero-order valence-corrected chi connectivity index (χ0v) is 16.7. The van der Waals surface area contributed by atoms with E-state index in [-0.39, 0.29) is 5.91 Å². The van der Waals surface area contributed by atoms with Crippen molar-refractivity contribution in [1.29, 1.82) is 0 Å². The Kier molecular flexibility index (Phi) is 7.02. The third-order valence-electron chi connectivity index (χ3n) is 4.57. The molecule has 0 unspecified atom stereocenters. The number of carbonyl (C=O) groups is 1. The zero-order chi connectivity index (χ0) is 18.4. The van der Waals surface area contributed by atoms with Crippen LogP contribution in [0.4, 0.5) is 0 Å². The molecule has 2 heterocycles. The summed E-state index contributed by atoms with van der Waals surface area (Å²) in [6, 6.07) is 7.64. The fraction of sp³-hybridized carbons (Fsp3) is 0.474. The summed E-state index contributed by atoms with van der Waals surface area (Å²) in [4.78, 5) is 21.5. The number of thiazole rings is 1. The number of nitrogens with one attached hydrogen (secondary N) is 1. The number of likely N-dealkylation sites (N-methyl/N-ethyl adjacent to an activating group) is 1. The second kappa shape index (κ2) is 9.46. The molecule has 1 aliphatic rings. The Morgan fingerprint density at radius 1 is 1.27 bits per heavy atom. The maximum atomic E-state index is 12.1. The van der Waals surface area contributed by atoms with Gasteiger partial charge in [0.25, 0.3) is 0 Å². The third-order valence-corrected chi connectivity index (χ3v) is 5.82. The Morgan fingerprint density at radius 2 is 2.04 bits per heavy atom. The van der Waals surface area contributed by atoms with Crippen molar-refractivity contribution in [2.75, 3.05) is 46.3 Å². The molecule has 0 saturated carbocycles. The highest BCUT2D eigenvalue weighted by atomic mass is 35.5. The number of benzene rings is 1. The first-order valence-electron chi connectivity index (χ1n) is 8.99. The fourth-order valence-electron chi connectivity index (χ4n) is 2.98. The monoisotopic (exact) mass is 392 g/mol. The van der Waals surface area contributed by atoms with Gasteiger partial charge in [-0.15, -0.1) is 11.3 Å². The number of aromatic nitrogens is 1. The Morgan fingerprint density at radius 3 is 2.81 bits per heavy atom. The second-order valence-electron chi connectivity index (χ2n) is 6.65. The van der Waals surface area contributed by atoms with Crippen molar-refractivity contribution in [3.63, 3.8) is 0 Å². The Labute approximate surface area is 164 Å². The van der Waals surface area contributed by atoms with E-state index in [4.69, 9.17) is 11.6 Å². The van der Waals surface area contributed by atoms with Gasteiger partial charge < -0.3 is 15.1 Å². The molecule has 7 heteroatoms. The van der Waals surface area contributed by atoms with Crippen molar-refractivity contribution in [3.05, 3.63) is 40.4 Å². The van der Waals surface area contributed by atoms with Gasteiger partial charge in [-0.05, 0) is 26.1 Å². The lowest BCUT2D eigenvalue weighted by Gasteiger charge is -2.32. The average Bonchev–Trinajstić information content (AvgIpc) is 3.09. The van der Waals surface area contributed by atoms with Crippen LogP contribution in [0.25, 0.3) is 10.6 Å². The molecule has 0 aliphatic carbocycles. The van der Waals surface area contributed by atoms with E-state index >= 15 is 0 Å². The molecule has 140 valence electrons. The highest BCUT2D eigenvalue weighted by Gasteiger charge is 2.13. The first kappa shape index (κ1) is 19.3. The Bertz CT molecular complexity index is 728. The van der Waals surface area contributed by atoms with Crippen molar-refractivity contribution in [3.8, 4) is 10.6 Å². The number of hydrogen-bond acceptors (Lipinski definition) is 5. The maximum Gasteiger partial charge on any atom is 0.226 e.